The highest BCUT2D eigenvalue weighted by Crippen LogP contribution is 2.22. The zero-order chi connectivity index (χ0) is 19.5. The Morgan fingerprint density at radius 2 is 1.73 bits per heavy atom. The highest BCUT2D eigenvalue weighted by Gasteiger charge is 2.28. The topological polar surface area (TPSA) is 75.3 Å². The van der Waals surface area contributed by atoms with Crippen LogP contribution in [0.15, 0.2) is 47.4 Å². The van der Waals surface area contributed by atoms with Gasteiger partial charge in [-0.3, -0.25) is 9.52 Å². The fourth-order valence-electron chi connectivity index (χ4n) is 2.01. The molecule has 2 aromatic carbocycles. The van der Waals surface area contributed by atoms with E-state index in [1.807, 2.05) is 6.07 Å². The second-order valence-corrected chi connectivity index (χ2v) is 8.32. The van der Waals surface area contributed by atoms with Crippen molar-refractivity contribution in [2.45, 2.75) is 18.0 Å². The predicted molar refractivity (Wildman–Crippen MR) is 99.5 cm³/mol. The summed E-state index contributed by atoms with van der Waals surface area (Å²) in [6.45, 7) is 0.299. The fraction of sp³-hybridized carbons (Fsp3) is 0.188. The molecular formula is C16H14F3IN2O3S. The average Bonchev–Trinajstić information content (AvgIpc) is 2.54. The van der Waals surface area contributed by atoms with Crippen LogP contribution in [0.5, 0.6) is 0 Å². The van der Waals surface area contributed by atoms with Gasteiger partial charge < -0.3 is 5.32 Å². The van der Waals surface area contributed by atoms with Crippen molar-refractivity contribution in [1.82, 2.24) is 5.32 Å². The van der Waals surface area contributed by atoms with E-state index in [1.165, 1.54) is 0 Å². The molecule has 0 saturated heterocycles. The van der Waals surface area contributed by atoms with Gasteiger partial charge in [-0.25, -0.2) is 8.42 Å². The lowest BCUT2D eigenvalue weighted by Gasteiger charge is -2.12. The van der Waals surface area contributed by atoms with Crippen molar-refractivity contribution < 1.29 is 26.4 Å². The highest BCUT2D eigenvalue weighted by molar-refractivity contribution is 14.1. The van der Waals surface area contributed by atoms with Crippen molar-refractivity contribution in [1.29, 1.82) is 0 Å². The molecule has 0 aliphatic heterocycles. The first-order valence-electron chi connectivity index (χ1n) is 7.22. The number of alkyl halides is 3. The third-order valence-corrected chi connectivity index (χ3v) is 5.36. The number of nitrogens with one attached hydrogen (secondary N) is 2. The number of aryl methyl sites for hydroxylation is 1. The monoisotopic (exact) mass is 498 g/mol. The molecule has 0 bridgehead atoms. The zero-order valence-corrected chi connectivity index (χ0v) is 16.4. The van der Waals surface area contributed by atoms with E-state index in [0.717, 1.165) is 33.4 Å². The number of halogens is 4. The van der Waals surface area contributed by atoms with Crippen LogP contribution in [0.1, 0.15) is 15.9 Å². The molecule has 0 unspecified atom stereocenters. The Bertz CT molecular complexity index is 913. The van der Waals surface area contributed by atoms with Crippen molar-refractivity contribution >= 4 is 44.2 Å². The number of hydrogen-bond acceptors (Lipinski definition) is 3. The van der Waals surface area contributed by atoms with Crippen LogP contribution < -0.4 is 10.0 Å². The summed E-state index contributed by atoms with van der Waals surface area (Å²) in [6.07, 6.45) is -4.52. The van der Waals surface area contributed by atoms with Gasteiger partial charge in [0.15, 0.2) is 0 Å². The molecule has 10 heteroatoms. The summed E-state index contributed by atoms with van der Waals surface area (Å²) in [4.78, 5) is 11.5. The maximum Gasteiger partial charge on any atom is 0.405 e. The van der Waals surface area contributed by atoms with Gasteiger partial charge in [0.25, 0.3) is 15.9 Å². The van der Waals surface area contributed by atoms with Gasteiger partial charge in [0.2, 0.25) is 0 Å². The van der Waals surface area contributed by atoms with Gasteiger partial charge in [-0.15, -0.1) is 0 Å². The van der Waals surface area contributed by atoms with Crippen LogP contribution in [-0.4, -0.2) is 27.0 Å². The molecule has 5 nitrogen and oxygen atoms in total. The summed E-state index contributed by atoms with van der Waals surface area (Å²) in [5.41, 5.74) is 1.08. The third-order valence-electron chi connectivity index (χ3n) is 3.31. The number of hydrogen-bond donors (Lipinski definition) is 2. The standard InChI is InChI=1S/C16H14F3IN2O3S/c1-10-8-12(20)4-7-14(10)22-26(24,25)13-5-2-11(3-6-13)15(23)21-9-16(17,18)19/h2-8,22H,9H2,1H3,(H,21,23). The van der Waals surface area contributed by atoms with Crippen LogP contribution in [0.3, 0.4) is 0 Å². The van der Waals surface area contributed by atoms with Crippen molar-refractivity contribution in [3.63, 3.8) is 0 Å². The van der Waals surface area contributed by atoms with Crippen molar-refractivity contribution in [3.8, 4) is 0 Å². The Hall–Kier alpha value is -1.82. The lowest BCUT2D eigenvalue weighted by molar-refractivity contribution is -0.123. The minimum atomic E-state index is -4.52. The van der Waals surface area contributed by atoms with Crippen molar-refractivity contribution in [3.05, 3.63) is 57.2 Å². The summed E-state index contributed by atoms with van der Waals surface area (Å²) in [5.74, 6) is -0.937. The predicted octanol–water partition coefficient (Wildman–Crippen LogP) is 3.69. The molecule has 0 fully saturated rings. The summed E-state index contributed by atoms with van der Waals surface area (Å²) in [6, 6.07) is 9.82. The van der Waals surface area contributed by atoms with E-state index in [2.05, 4.69) is 27.3 Å². The number of anilines is 1. The number of carbonyl (C=O) groups is 1. The summed E-state index contributed by atoms with van der Waals surface area (Å²) in [7, 11) is -3.89. The molecule has 0 atom stereocenters. The van der Waals surface area contributed by atoms with E-state index in [9.17, 15) is 26.4 Å². The normalized spacial score (nSPS) is 11.9. The zero-order valence-electron chi connectivity index (χ0n) is 13.4. The van der Waals surface area contributed by atoms with Gasteiger partial charge >= 0.3 is 6.18 Å². The number of rotatable bonds is 5. The minimum Gasteiger partial charge on any atom is -0.343 e. The first kappa shape index (κ1) is 20.5. The van der Waals surface area contributed by atoms with Crippen molar-refractivity contribution in [2.24, 2.45) is 0 Å². The van der Waals surface area contributed by atoms with Crippen LogP contribution in [0.4, 0.5) is 18.9 Å². The minimum absolute atomic E-state index is 0.0707. The van der Waals surface area contributed by atoms with Crippen LogP contribution in [0.25, 0.3) is 0 Å². The lowest BCUT2D eigenvalue weighted by atomic mass is 10.2. The Morgan fingerprint density at radius 1 is 1.12 bits per heavy atom. The Balaban J connectivity index is 2.14. The number of sulfonamides is 1. The van der Waals surface area contributed by atoms with Crippen LogP contribution in [0, 0.1) is 10.5 Å². The molecule has 2 rings (SSSR count). The average molecular weight is 498 g/mol. The first-order valence-corrected chi connectivity index (χ1v) is 9.78. The second kappa shape index (κ2) is 7.82. The van der Waals surface area contributed by atoms with Crippen molar-refractivity contribution in [2.75, 3.05) is 11.3 Å². The fourth-order valence-corrected chi connectivity index (χ4v) is 3.79. The van der Waals surface area contributed by atoms with Gasteiger partial charge in [-0.2, -0.15) is 13.2 Å². The second-order valence-electron chi connectivity index (χ2n) is 5.39. The van der Waals surface area contributed by atoms with Crippen LogP contribution in [0.2, 0.25) is 0 Å². The van der Waals surface area contributed by atoms with Crippen LogP contribution in [-0.2, 0) is 10.0 Å². The number of carbonyl (C=O) groups excluding carboxylic acids is 1. The quantitative estimate of drug-likeness (QED) is 0.618. The summed E-state index contributed by atoms with van der Waals surface area (Å²) >= 11 is 2.11. The SMILES string of the molecule is Cc1cc(I)ccc1NS(=O)(=O)c1ccc(C(=O)NCC(F)(F)F)cc1. The molecular weight excluding hydrogens is 484 g/mol. The van der Waals surface area contributed by atoms with E-state index < -0.39 is 28.7 Å². The molecule has 0 saturated carbocycles. The number of amides is 1. The maximum atomic E-state index is 12.4. The molecule has 1 amide bonds. The largest absolute Gasteiger partial charge is 0.405 e. The molecule has 2 N–H and O–H groups in total. The molecule has 0 spiro atoms. The van der Waals surface area contributed by atoms with Gasteiger partial charge in [0.1, 0.15) is 6.54 Å². The van der Waals surface area contributed by atoms with E-state index in [4.69, 9.17) is 0 Å². The smallest absolute Gasteiger partial charge is 0.343 e. The summed E-state index contributed by atoms with van der Waals surface area (Å²) < 4.78 is 64.6. The number of benzene rings is 2. The van der Waals surface area contributed by atoms with Gasteiger partial charge in [0, 0.05) is 9.13 Å². The molecule has 0 aromatic heterocycles. The Kier molecular flexibility index (Phi) is 6.17. The summed E-state index contributed by atoms with van der Waals surface area (Å²) in [5, 5.41) is 1.72. The Labute approximate surface area is 162 Å². The lowest BCUT2D eigenvalue weighted by Crippen LogP contribution is -2.33. The molecule has 140 valence electrons. The van der Waals surface area contributed by atoms with E-state index in [-0.39, 0.29) is 10.5 Å². The molecule has 0 aliphatic rings. The van der Waals surface area contributed by atoms with Gasteiger partial charge in [-0.05, 0) is 77.5 Å². The molecule has 0 radical (unpaired) electrons. The van der Waals surface area contributed by atoms with Gasteiger partial charge in [0.05, 0.1) is 10.6 Å². The van der Waals surface area contributed by atoms with E-state index in [1.54, 1.807) is 24.4 Å². The first-order chi connectivity index (χ1) is 12.0. The molecule has 2 aromatic rings. The third kappa shape index (κ3) is 5.59. The molecule has 0 heterocycles. The van der Waals surface area contributed by atoms with E-state index >= 15 is 0 Å². The highest BCUT2D eigenvalue weighted by atomic mass is 127. The van der Waals surface area contributed by atoms with E-state index in [0.29, 0.717) is 5.69 Å². The Morgan fingerprint density at radius 3 is 2.27 bits per heavy atom. The molecule has 0 aliphatic carbocycles. The van der Waals surface area contributed by atoms with Gasteiger partial charge in [-0.1, -0.05) is 0 Å². The molecule has 26 heavy (non-hydrogen) atoms. The van der Waals surface area contributed by atoms with Crippen LogP contribution >= 0.6 is 22.6 Å². The maximum absolute atomic E-state index is 12.4.